The molecule has 0 saturated carbocycles. The molecule has 0 atom stereocenters. The van der Waals surface area contributed by atoms with Crippen LogP contribution in [0.25, 0.3) is 0 Å². The van der Waals surface area contributed by atoms with Crippen LogP contribution in [0, 0.1) is 18.6 Å². The Bertz CT molecular complexity index is 474. The number of carbonyl (C=O) groups is 1. The van der Waals surface area contributed by atoms with E-state index >= 15 is 0 Å². The maximum atomic E-state index is 13.6. The molecule has 0 aromatic heterocycles. The number of carbonyl (C=O) groups excluding carboxylic acids is 1. The monoisotopic (exact) mass is 319 g/mol. The molecule has 1 aromatic carbocycles. The van der Waals surface area contributed by atoms with E-state index < -0.39 is 23.1 Å². The number of hydrogen-bond acceptors (Lipinski definition) is 1. The van der Waals surface area contributed by atoms with Gasteiger partial charge in [-0.05, 0) is 32.4 Å². The molecule has 0 aliphatic carbocycles. The molecule has 1 amide bonds. The molecule has 18 heavy (non-hydrogen) atoms. The first-order chi connectivity index (χ1) is 8.20. The smallest absolute Gasteiger partial charge is 0.257 e. The topological polar surface area (TPSA) is 20.3 Å². The molecule has 0 radical (unpaired) electrons. The van der Waals surface area contributed by atoms with Gasteiger partial charge in [-0.25, -0.2) is 8.78 Å². The van der Waals surface area contributed by atoms with E-state index in [4.69, 9.17) is 0 Å². The highest BCUT2D eigenvalue weighted by Gasteiger charge is 2.29. The van der Waals surface area contributed by atoms with Gasteiger partial charge in [0.25, 0.3) is 5.91 Å². The summed E-state index contributed by atoms with van der Waals surface area (Å²) in [7, 11) is 1.60. The van der Waals surface area contributed by atoms with Crippen LogP contribution in [-0.2, 0) is 0 Å². The van der Waals surface area contributed by atoms with Crippen molar-refractivity contribution >= 4 is 21.8 Å². The minimum atomic E-state index is -0.833. The second kappa shape index (κ2) is 5.34. The summed E-state index contributed by atoms with van der Waals surface area (Å²) in [6, 6.07) is 1.99. The van der Waals surface area contributed by atoms with Crippen LogP contribution in [0.4, 0.5) is 8.78 Å². The zero-order chi connectivity index (χ0) is 14.1. The van der Waals surface area contributed by atoms with E-state index in [1.807, 2.05) is 13.8 Å². The van der Waals surface area contributed by atoms with Crippen molar-refractivity contribution in [3.8, 4) is 0 Å². The van der Waals surface area contributed by atoms with E-state index in [-0.39, 0.29) is 11.1 Å². The van der Waals surface area contributed by atoms with E-state index in [0.29, 0.717) is 5.33 Å². The predicted octanol–water partition coefficient (Wildman–Crippen LogP) is 3.52. The second-order valence-corrected chi connectivity index (χ2v) is 5.45. The zero-order valence-electron chi connectivity index (χ0n) is 10.9. The van der Waals surface area contributed by atoms with Gasteiger partial charge >= 0.3 is 0 Å². The van der Waals surface area contributed by atoms with E-state index in [0.717, 1.165) is 6.07 Å². The lowest BCUT2D eigenvalue weighted by molar-refractivity contribution is 0.0658. The number of benzene rings is 1. The molecule has 0 heterocycles. The summed E-state index contributed by atoms with van der Waals surface area (Å²) in [4.78, 5) is 13.6. The Kier molecular flexibility index (Phi) is 4.48. The van der Waals surface area contributed by atoms with Crippen LogP contribution in [-0.4, -0.2) is 28.7 Å². The van der Waals surface area contributed by atoms with Gasteiger partial charge in [-0.3, -0.25) is 4.79 Å². The van der Waals surface area contributed by atoms with Gasteiger partial charge in [-0.1, -0.05) is 15.9 Å². The molecule has 0 aliphatic rings. The quantitative estimate of drug-likeness (QED) is 0.781. The van der Waals surface area contributed by atoms with Gasteiger partial charge in [0.1, 0.15) is 11.6 Å². The van der Waals surface area contributed by atoms with Gasteiger partial charge < -0.3 is 4.90 Å². The van der Waals surface area contributed by atoms with Gasteiger partial charge in [-0.2, -0.15) is 0 Å². The molecular formula is C13H16BrF2NO. The van der Waals surface area contributed by atoms with Crippen molar-refractivity contribution in [3.63, 3.8) is 0 Å². The lowest BCUT2D eigenvalue weighted by Gasteiger charge is -2.34. The number of alkyl halides is 1. The van der Waals surface area contributed by atoms with Crippen LogP contribution in [0.1, 0.15) is 29.8 Å². The molecule has 0 N–H and O–H groups in total. The van der Waals surface area contributed by atoms with Crippen LogP contribution in [0.2, 0.25) is 0 Å². The summed E-state index contributed by atoms with van der Waals surface area (Å²) in [5, 5.41) is 0.560. The Morgan fingerprint density at radius 2 is 1.89 bits per heavy atom. The molecule has 0 saturated heterocycles. The average Bonchev–Trinajstić information content (AvgIpc) is 2.32. The Hall–Kier alpha value is -0.970. The summed E-state index contributed by atoms with van der Waals surface area (Å²) >= 11 is 3.31. The molecule has 0 bridgehead atoms. The summed E-state index contributed by atoms with van der Waals surface area (Å²) in [5.74, 6) is -1.94. The van der Waals surface area contributed by atoms with Gasteiger partial charge in [0, 0.05) is 24.0 Å². The van der Waals surface area contributed by atoms with Gasteiger partial charge in [0.05, 0.1) is 5.56 Å². The maximum absolute atomic E-state index is 13.6. The highest BCUT2D eigenvalue weighted by Crippen LogP contribution is 2.21. The highest BCUT2D eigenvalue weighted by molar-refractivity contribution is 9.09. The van der Waals surface area contributed by atoms with Crippen molar-refractivity contribution in [1.82, 2.24) is 4.90 Å². The zero-order valence-corrected chi connectivity index (χ0v) is 12.4. The third-order valence-electron chi connectivity index (χ3n) is 3.02. The molecule has 1 aromatic rings. The van der Waals surface area contributed by atoms with Crippen LogP contribution in [0.3, 0.4) is 0 Å². The fourth-order valence-electron chi connectivity index (χ4n) is 1.37. The first-order valence-corrected chi connectivity index (χ1v) is 6.62. The van der Waals surface area contributed by atoms with Crippen molar-refractivity contribution in [2.45, 2.75) is 26.3 Å². The predicted molar refractivity (Wildman–Crippen MR) is 71.1 cm³/mol. The van der Waals surface area contributed by atoms with Crippen molar-refractivity contribution in [2.24, 2.45) is 0 Å². The number of halogens is 3. The van der Waals surface area contributed by atoms with Crippen LogP contribution in [0.5, 0.6) is 0 Å². The average molecular weight is 320 g/mol. The highest BCUT2D eigenvalue weighted by atomic mass is 79.9. The first kappa shape index (κ1) is 15.1. The molecule has 5 heteroatoms. The molecule has 2 nitrogen and oxygen atoms in total. The summed E-state index contributed by atoms with van der Waals surface area (Å²) in [5.41, 5.74) is -0.304. The van der Waals surface area contributed by atoms with Gasteiger partial charge in [0.2, 0.25) is 0 Å². The van der Waals surface area contributed by atoms with Crippen molar-refractivity contribution in [2.75, 3.05) is 12.4 Å². The van der Waals surface area contributed by atoms with E-state index in [2.05, 4.69) is 15.9 Å². The Morgan fingerprint density at radius 3 is 2.39 bits per heavy atom. The molecule has 100 valence electrons. The summed E-state index contributed by atoms with van der Waals surface area (Å²) < 4.78 is 26.8. The largest absolute Gasteiger partial charge is 0.336 e. The summed E-state index contributed by atoms with van der Waals surface area (Å²) in [6.07, 6.45) is 0. The van der Waals surface area contributed by atoms with Crippen molar-refractivity contribution < 1.29 is 13.6 Å². The van der Waals surface area contributed by atoms with Crippen LogP contribution in [0.15, 0.2) is 12.1 Å². The van der Waals surface area contributed by atoms with Crippen molar-refractivity contribution in [3.05, 3.63) is 34.9 Å². The number of amides is 1. The molecular weight excluding hydrogens is 304 g/mol. The lowest BCUT2D eigenvalue weighted by atomic mass is 10.0. The number of rotatable bonds is 3. The van der Waals surface area contributed by atoms with Crippen LogP contribution < -0.4 is 0 Å². The molecule has 1 rings (SSSR count). The summed E-state index contributed by atoms with van der Waals surface area (Å²) in [6.45, 7) is 5.21. The minimum Gasteiger partial charge on any atom is -0.336 e. The van der Waals surface area contributed by atoms with Crippen LogP contribution >= 0.6 is 15.9 Å². The molecule has 0 spiro atoms. The number of hydrogen-bond donors (Lipinski definition) is 0. The Balaban J connectivity index is 3.16. The minimum absolute atomic E-state index is 0.106. The molecule has 0 unspecified atom stereocenters. The van der Waals surface area contributed by atoms with Crippen molar-refractivity contribution in [1.29, 1.82) is 0 Å². The van der Waals surface area contributed by atoms with E-state index in [9.17, 15) is 13.6 Å². The van der Waals surface area contributed by atoms with Gasteiger partial charge in [0.15, 0.2) is 0 Å². The van der Waals surface area contributed by atoms with Gasteiger partial charge in [-0.15, -0.1) is 0 Å². The third-order valence-corrected chi connectivity index (χ3v) is 4.39. The lowest BCUT2D eigenvalue weighted by Crippen LogP contribution is -2.46. The SMILES string of the molecule is Cc1cc(C(=O)N(C)C(C)(C)CBr)c(F)cc1F. The number of aryl methyl sites for hydroxylation is 1. The van der Waals surface area contributed by atoms with E-state index in [1.165, 1.54) is 17.9 Å². The maximum Gasteiger partial charge on any atom is 0.257 e. The normalized spacial score (nSPS) is 11.5. The second-order valence-electron chi connectivity index (χ2n) is 4.89. The Morgan fingerprint density at radius 1 is 1.33 bits per heavy atom. The fourth-order valence-corrected chi connectivity index (χ4v) is 1.74. The fraction of sp³-hybridized carbons (Fsp3) is 0.462. The standard InChI is InChI=1S/C13H16BrF2NO/c1-8-5-9(11(16)6-10(8)15)12(18)17(4)13(2,3)7-14/h5-6H,7H2,1-4H3. The Labute approximate surface area is 114 Å². The third kappa shape index (κ3) is 2.88. The first-order valence-electron chi connectivity index (χ1n) is 5.50. The number of nitrogens with zero attached hydrogens (tertiary/aromatic N) is 1. The van der Waals surface area contributed by atoms with E-state index in [1.54, 1.807) is 7.05 Å². The molecule has 0 fully saturated rings. The molecule has 0 aliphatic heterocycles.